The maximum Gasteiger partial charge on any atom is 0.431 e. The van der Waals surface area contributed by atoms with Gasteiger partial charge in [-0.15, -0.1) is 0 Å². The molecule has 0 aromatic heterocycles. The van der Waals surface area contributed by atoms with Crippen molar-refractivity contribution in [2.45, 2.75) is 38.0 Å². The zero-order valence-corrected chi connectivity index (χ0v) is 16.7. The van der Waals surface area contributed by atoms with E-state index in [1.165, 1.54) is 0 Å². The third-order valence-corrected chi connectivity index (χ3v) is 5.99. The second-order valence-electron chi connectivity index (χ2n) is 6.87. The topological polar surface area (TPSA) is 29.5 Å². The van der Waals surface area contributed by atoms with Crippen molar-refractivity contribution >= 4 is 28.5 Å². The molecule has 2 rings (SSSR count). The number of hydrogen-bond acceptors (Lipinski definition) is 2. The highest BCUT2D eigenvalue weighted by Gasteiger charge is 2.75. The normalized spacial score (nSPS) is 24.1. The first-order valence-electron chi connectivity index (χ1n) is 8.13. The maximum atomic E-state index is 14.3. The number of nitrogens with zero attached hydrogens (tertiary/aromatic N) is 1. The molecule has 158 valence electrons. The van der Waals surface area contributed by atoms with E-state index in [4.69, 9.17) is 4.84 Å². The maximum absolute atomic E-state index is 14.3. The fourth-order valence-corrected chi connectivity index (χ4v) is 4.34. The molecule has 1 aromatic carbocycles. The Kier molecular flexibility index (Phi) is 6.59. The van der Waals surface area contributed by atoms with Crippen molar-refractivity contribution in [2.24, 2.45) is 11.3 Å². The minimum absolute atomic E-state index is 0.0526. The van der Waals surface area contributed by atoms with Gasteiger partial charge < -0.3 is 0 Å². The summed E-state index contributed by atoms with van der Waals surface area (Å²) in [6.45, 7) is 0.600. The first-order chi connectivity index (χ1) is 12.8. The Balaban J connectivity index is 2.27. The highest BCUT2D eigenvalue weighted by molar-refractivity contribution is 14.1. The molecule has 1 amide bonds. The van der Waals surface area contributed by atoms with Crippen molar-refractivity contribution in [3.8, 4) is 0 Å². The average Bonchev–Trinajstić information content (AvgIpc) is 2.82. The number of benzene rings is 1. The van der Waals surface area contributed by atoms with E-state index in [9.17, 15) is 35.5 Å². The van der Waals surface area contributed by atoms with Gasteiger partial charge in [-0.25, -0.2) is 9.45 Å². The molecule has 0 radical (unpaired) electrons. The van der Waals surface area contributed by atoms with Crippen molar-refractivity contribution in [3.05, 3.63) is 35.9 Å². The van der Waals surface area contributed by atoms with Gasteiger partial charge in [0.15, 0.2) is 0 Å². The molecule has 1 aromatic rings. The Morgan fingerprint density at radius 3 is 2.11 bits per heavy atom. The van der Waals surface area contributed by atoms with Gasteiger partial charge in [0.1, 0.15) is 6.61 Å². The average molecular weight is 527 g/mol. The van der Waals surface area contributed by atoms with Gasteiger partial charge in [-0.2, -0.15) is 26.3 Å². The second kappa shape index (κ2) is 7.96. The molecular weight excluding hydrogens is 510 g/mol. The Bertz CT molecular complexity index is 681. The summed E-state index contributed by atoms with van der Waals surface area (Å²) in [6, 6.07) is 8.49. The van der Waals surface area contributed by atoms with E-state index < -0.39 is 41.7 Å². The van der Waals surface area contributed by atoms with Crippen LogP contribution in [0.1, 0.15) is 18.9 Å². The zero-order valence-electron chi connectivity index (χ0n) is 14.6. The molecule has 0 aliphatic carbocycles. The SMILES string of the molecule is C[C@@]1(CC(F)(C(F)(F)F)C(F)(F)F)C(=O)N(OCc2ccccc2)CC1CI. The van der Waals surface area contributed by atoms with Gasteiger partial charge in [-0.1, -0.05) is 59.8 Å². The molecule has 11 heteroatoms. The van der Waals surface area contributed by atoms with Crippen LogP contribution in [0.5, 0.6) is 0 Å². The number of alkyl halides is 8. The van der Waals surface area contributed by atoms with Crippen molar-refractivity contribution in [1.29, 1.82) is 0 Å². The summed E-state index contributed by atoms with van der Waals surface area (Å²) in [5.41, 5.74) is -7.07. The fraction of sp³-hybridized carbons (Fsp3) is 0.588. The highest BCUT2D eigenvalue weighted by Crippen LogP contribution is 2.55. The fourth-order valence-electron chi connectivity index (χ4n) is 3.09. The van der Waals surface area contributed by atoms with Crippen molar-refractivity contribution in [3.63, 3.8) is 0 Å². The van der Waals surface area contributed by atoms with Gasteiger partial charge in [-0.05, 0) is 5.56 Å². The summed E-state index contributed by atoms with van der Waals surface area (Å²) in [4.78, 5) is 18.0. The lowest BCUT2D eigenvalue weighted by Crippen LogP contribution is -2.57. The molecule has 1 fully saturated rings. The number of rotatable bonds is 6. The minimum Gasteiger partial charge on any atom is -0.272 e. The summed E-state index contributed by atoms with van der Waals surface area (Å²) in [5, 5.41) is 0.740. The minimum atomic E-state index is -6.21. The number of hydroxylamine groups is 2. The van der Waals surface area contributed by atoms with E-state index in [1.807, 2.05) is 0 Å². The molecule has 1 aliphatic heterocycles. The summed E-state index contributed by atoms with van der Waals surface area (Å²) in [6.07, 6.45) is -14.5. The van der Waals surface area contributed by atoms with Crippen molar-refractivity contribution in [1.82, 2.24) is 5.06 Å². The number of carbonyl (C=O) groups is 1. The van der Waals surface area contributed by atoms with Crippen LogP contribution in [0.3, 0.4) is 0 Å². The molecule has 1 unspecified atom stereocenters. The van der Waals surface area contributed by atoms with E-state index in [0.717, 1.165) is 12.0 Å². The van der Waals surface area contributed by atoms with E-state index in [1.54, 1.807) is 52.9 Å². The highest BCUT2D eigenvalue weighted by atomic mass is 127. The van der Waals surface area contributed by atoms with E-state index >= 15 is 0 Å². The first-order valence-corrected chi connectivity index (χ1v) is 9.66. The Morgan fingerprint density at radius 1 is 1.11 bits per heavy atom. The van der Waals surface area contributed by atoms with E-state index in [0.29, 0.717) is 5.56 Å². The molecule has 1 aliphatic rings. The number of hydrogen-bond donors (Lipinski definition) is 0. The lowest BCUT2D eigenvalue weighted by atomic mass is 9.72. The Labute approximate surface area is 170 Å². The van der Waals surface area contributed by atoms with Gasteiger partial charge in [0, 0.05) is 16.8 Å². The molecule has 28 heavy (non-hydrogen) atoms. The van der Waals surface area contributed by atoms with Crippen LogP contribution in [0.2, 0.25) is 0 Å². The predicted molar refractivity (Wildman–Crippen MR) is 94.0 cm³/mol. The van der Waals surface area contributed by atoms with Crippen LogP contribution >= 0.6 is 22.6 Å². The van der Waals surface area contributed by atoms with Gasteiger partial charge >= 0.3 is 12.4 Å². The molecule has 2 atom stereocenters. The van der Waals surface area contributed by atoms with Crippen LogP contribution in [-0.4, -0.2) is 40.0 Å². The summed E-state index contributed by atoms with van der Waals surface area (Å²) in [5.74, 6) is -2.04. The summed E-state index contributed by atoms with van der Waals surface area (Å²) in [7, 11) is 0. The Hall–Kier alpha value is -1.11. The van der Waals surface area contributed by atoms with Crippen molar-refractivity contribution < 1.29 is 40.4 Å². The van der Waals surface area contributed by atoms with Crippen LogP contribution in [0.25, 0.3) is 0 Å². The van der Waals surface area contributed by atoms with Gasteiger partial charge in [0.25, 0.3) is 11.6 Å². The van der Waals surface area contributed by atoms with Crippen LogP contribution in [0, 0.1) is 11.3 Å². The molecule has 1 heterocycles. The smallest absolute Gasteiger partial charge is 0.272 e. The number of carbonyl (C=O) groups excluding carboxylic acids is 1. The summed E-state index contributed by atoms with van der Waals surface area (Å²) >= 11 is 1.75. The molecule has 0 saturated carbocycles. The quantitative estimate of drug-likeness (QED) is 0.288. The molecule has 0 N–H and O–H groups in total. The number of halogens is 8. The van der Waals surface area contributed by atoms with Crippen LogP contribution in [0.4, 0.5) is 30.7 Å². The van der Waals surface area contributed by atoms with Crippen molar-refractivity contribution in [2.75, 3.05) is 11.0 Å². The lowest BCUT2D eigenvalue weighted by molar-refractivity contribution is -0.348. The van der Waals surface area contributed by atoms with Gasteiger partial charge in [0.2, 0.25) is 0 Å². The second-order valence-corrected chi connectivity index (χ2v) is 7.75. The monoisotopic (exact) mass is 527 g/mol. The Morgan fingerprint density at radius 2 is 1.64 bits per heavy atom. The molecule has 3 nitrogen and oxygen atoms in total. The standard InChI is InChI=1S/C17H17F7INO2/c1-14(10-15(18,16(19,20)21)17(22,23)24)12(7-25)8-26(13(14)27)28-9-11-5-3-2-4-6-11/h2-6,12H,7-10H2,1H3/t12?,14-/m0/s1. The number of amides is 1. The van der Waals surface area contributed by atoms with Crippen LogP contribution in [-0.2, 0) is 16.2 Å². The van der Waals surface area contributed by atoms with Gasteiger partial charge in [-0.3, -0.25) is 9.63 Å². The molecular formula is C17H17F7INO2. The van der Waals surface area contributed by atoms with Crippen LogP contribution < -0.4 is 0 Å². The largest absolute Gasteiger partial charge is 0.431 e. The molecule has 0 bridgehead atoms. The molecule has 1 saturated heterocycles. The summed E-state index contributed by atoms with van der Waals surface area (Å²) < 4.78 is 92.3. The lowest BCUT2D eigenvalue weighted by Gasteiger charge is -2.37. The predicted octanol–water partition coefficient (Wildman–Crippen LogP) is 5.24. The van der Waals surface area contributed by atoms with Gasteiger partial charge in [0.05, 0.1) is 12.0 Å². The third kappa shape index (κ3) is 4.24. The molecule has 0 spiro atoms. The third-order valence-electron chi connectivity index (χ3n) is 4.93. The van der Waals surface area contributed by atoms with Crippen LogP contribution in [0.15, 0.2) is 30.3 Å². The zero-order chi connectivity index (χ0) is 21.4. The first kappa shape index (κ1) is 23.2. The van der Waals surface area contributed by atoms with E-state index in [2.05, 4.69) is 0 Å². The van der Waals surface area contributed by atoms with E-state index in [-0.39, 0.29) is 17.6 Å².